The first-order valence-electron chi connectivity index (χ1n) is 11.9. The highest BCUT2D eigenvalue weighted by atomic mass is 16.7. The molecule has 8 nitrogen and oxygen atoms in total. The lowest BCUT2D eigenvalue weighted by Crippen LogP contribution is -2.25. The number of carbonyl (C=O) groups is 1. The normalized spacial score (nSPS) is 11.9. The van der Waals surface area contributed by atoms with Gasteiger partial charge in [0.15, 0.2) is 0 Å². The Kier molecular flexibility index (Phi) is 7.21. The van der Waals surface area contributed by atoms with Crippen LogP contribution in [0.5, 0.6) is 5.75 Å². The molecule has 4 rings (SSSR count). The summed E-state index contributed by atoms with van der Waals surface area (Å²) in [4.78, 5) is 30.3. The van der Waals surface area contributed by atoms with Crippen molar-refractivity contribution in [3.63, 3.8) is 0 Å². The number of pyridine rings is 2. The first-order chi connectivity index (χ1) is 16.8. The number of hydrogen-bond donors (Lipinski definition) is 2. The second kappa shape index (κ2) is 10.3. The molecule has 0 amide bonds. The van der Waals surface area contributed by atoms with Crippen molar-refractivity contribution in [2.75, 3.05) is 6.54 Å². The van der Waals surface area contributed by atoms with Crippen molar-refractivity contribution in [3.05, 3.63) is 69.2 Å². The van der Waals surface area contributed by atoms with Crippen molar-refractivity contribution in [2.45, 2.75) is 59.1 Å². The molecule has 0 atom stereocenters. The number of aryl methyl sites for hydroxylation is 2. The van der Waals surface area contributed by atoms with Gasteiger partial charge in [-0.25, -0.2) is 9.78 Å². The number of fused-ring (bicyclic) bond motifs is 4. The fraction of sp³-hybridized carbons (Fsp3) is 0.370. The molecule has 184 valence electrons. The maximum Gasteiger partial charge on any atom is 0.513 e. The molecule has 35 heavy (non-hydrogen) atoms. The summed E-state index contributed by atoms with van der Waals surface area (Å²) in [5.41, 5.74) is 10.7. The summed E-state index contributed by atoms with van der Waals surface area (Å²) in [5, 5.41) is 10.9. The summed E-state index contributed by atoms with van der Waals surface area (Å²) >= 11 is 0. The third kappa shape index (κ3) is 4.93. The molecular formula is C27H31N3O5. The monoisotopic (exact) mass is 477 g/mol. The van der Waals surface area contributed by atoms with E-state index in [1.165, 1.54) is 0 Å². The van der Waals surface area contributed by atoms with E-state index in [1.54, 1.807) is 22.8 Å². The molecule has 1 aliphatic rings. The Labute approximate surface area is 204 Å². The van der Waals surface area contributed by atoms with Crippen LogP contribution in [0.4, 0.5) is 4.79 Å². The van der Waals surface area contributed by atoms with Gasteiger partial charge in [-0.3, -0.25) is 4.79 Å². The number of ether oxygens (including phenoxy) is 2. The molecule has 0 unspecified atom stereocenters. The predicted octanol–water partition coefficient (Wildman–Crippen LogP) is 4.69. The minimum atomic E-state index is -0.873. The molecule has 3 heterocycles. The first kappa shape index (κ1) is 24.5. The van der Waals surface area contributed by atoms with Crippen molar-refractivity contribution >= 4 is 17.1 Å². The Balaban J connectivity index is 1.54. The average Bonchev–Trinajstić information content (AvgIpc) is 3.18. The maximum atomic E-state index is 13.4. The summed E-state index contributed by atoms with van der Waals surface area (Å²) in [6.45, 7) is 8.44. The number of benzene rings is 1. The van der Waals surface area contributed by atoms with Gasteiger partial charge in [-0.2, -0.15) is 0 Å². The largest absolute Gasteiger partial charge is 0.513 e. The van der Waals surface area contributed by atoms with E-state index in [0.717, 1.165) is 59.1 Å². The van der Waals surface area contributed by atoms with Gasteiger partial charge >= 0.3 is 6.16 Å². The van der Waals surface area contributed by atoms with E-state index in [0.29, 0.717) is 36.4 Å². The molecular weight excluding hydrogens is 446 g/mol. The molecule has 0 saturated carbocycles. The van der Waals surface area contributed by atoms with Crippen LogP contribution in [0.25, 0.3) is 22.3 Å². The predicted molar refractivity (Wildman–Crippen MR) is 134 cm³/mol. The Morgan fingerprint density at radius 1 is 1.23 bits per heavy atom. The molecule has 8 heteroatoms. The Morgan fingerprint density at radius 3 is 2.77 bits per heavy atom. The molecule has 0 spiro atoms. The van der Waals surface area contributed by atoms with E-state index >= 15 is 0 Å². The van der Waals surface area contributed by atoms with Crippen molar-refractivity contribution in [2.24, 2.45) is 5.73 Å². The summed E-state index contributed by atoms with van der Waals surface area (Å²) in [6, 6.07) is 7.03. The topological polar surface area (TPSA) is 117 Å². The summed E-state index contributed by atoms with van der Waals surface area (Å²) < 4.78 is 12.0. The van der Waals surface area contributed by atoms with Gasteiger partial charge in [0.25, 0.3) is 5.56 Å². The third-order valence-electron chi connectivity index (χ3n) is 6.45. The van der Waals surface area contributed by atoms with Crippen LogP contribution < -0.4 is 11.3 Å². The van der Waals surface area contributed by atoms with Gasteiger partial charge in [0.1, 0.15) is 18.1 Å². The second-order valence-electron chi connectivity index (χ2n) is 8.83. The highest BCUT2D eigenvalue weighted by Crippen LogP contribution is 2.37. The van der Waals surface area contributed by atoms with Gasteiger partial charge in [0, 0.05) is 17.4 Å². The molecule has 0 fully saturated rings. The number of aromatic hydroxyl groups is 1. The lowest BCUT2D eigenvalue weighted by molar-refractivity contribution is 0.0688. The number of phenolic OH excluding ortho intramolecular Hbond substituents is 1. The van der Waals surface area contributed by atoms with E-state index < -0.39 is 6.16 Å². The standard InChI is InChI=1S/C27H31N3O5/c1-4-19-20-13-18(31)9-10-23(20)29-25-21(19)14-30-24(25)12-16(2)22(26(30)32)15-34-27(33)35-17(3)8-6-5-7-11-28/h9-10,12-13,31H,3-8,11,14-15,28H2,1-2H3. The van der Waals surface area contributed by atoms with Crippen LogP contribution in [-0.4, -0.2) is 27.4 Å². The minimum absolute atomic E-state index is 0.182. The number of rotatable bonds is 9. The number of phenols is 1. The minimum Gasteiger partial charge on any atom is -0.508 e. The van der Waals surface area contributed by atoms with E-state index in [4.69, 9.17) is 20.2 Å². The number of aromatic nitrogens is 2. The number of nitrogens with zero attached hydrogens (tertiary/aromatic N) is 2. The highest BCUT2D eigenvalue weighted by Gasteiger charge is 2.27. The lowest BCUT2D eigenvalue weighted by atomic mass is 9.98. The van der Waals surface area contributed by atoms with Crippen LogP contribution >= 0.6 is 0 Å². The molecule has 0 bridgehead atoms. The number of carbonyl (C=O) groups excluding carboxylic acids is 1. The molecule has 0 aliphatic carbocycles. The van der Waals surface area contributed by atoms with Gasteiger partial charge in [-0.15, -0.1) is 0 Å². The molecule has 3 N–H and O–H groups in total. The van der Waals surface area contributed by atoms with Gasteiger partial charge in [0.05, 0.1) is 29.0 Å². The van der Waals surface area contributed by atoms with Gasteiger partial charge < -0.3 is 24.9 Å². The zero-order chi connectivity index (χ0) is 25.1. The molecule has 1 aromatic carbocycles. The Hall–Kier alpha value is -3.65. The van der Waals surface area contributed by atoms with E-state index in [1.807, 2.05) is 19.9 Å². The van der Waals surface area contributed by atoms with Crippen LogP contribution in [0.3, 0.4) is 0 Å². The van der Waals surface area contributed by atoms with Crippen LogP contribution in [0, 0.1) is 6.92 Å². The number of unbranched alkanes of at least 4 members (excludes halogenated alkanes) is 2. The van der Waals surface area contributed by atoms with Gasteiger partial charge in [-0.05, 0) is 68.1 Å². The van der Waals surface area contributed by atoms with E-state index in [9.17, 15) is 14.7 Å². The smallest absolute Gasteiger partial charge is 0.508 e. The van der Waals surface area contributed by atoms with E-state index in [2.05, 4.69) is 6.58 Å². The van der Waals surface area contributed by atoms with Gasteiger partial charge in [-0.1, -0.05) is 19.9 Å². The Bertz CT molecular complexity index is 1360. The van der Waals surface area contributed by atoms with Crippen LogP contribution in [0.1, 0.15) is 54.9 Å². The highest BCUT2D eigenvalue weighted by molar-refractivity contribution is 5.89. The zero-order valence-corrected chi connectivity index (χ0v) is 20.2. The maximum absolute atomic E-state index is 13.4. The zero-order valence-electron chi connectivity index (χ0n) is 20.2. The molecule has 0 radical (unpaired) electrons. The van der Waals surface area contributed by atoms with Crippen LogP contribution in [-0.2, 0) is 29.0 Å². The fourth-order valence-corrected chi connectivity index (χ4v) is 4.61. The average molecular weight is 478 g/mol. The quantitative estimate of drug-likeness (QED) is 0.204. The van der Waals surface area contributed by atoms with Gasteiger partial charge in [0.2, 0.25) is 0 Å². The lowest BCUT2D eigenvalue weighted by Gasteiger charge is -2.12. The first-order valence-corrected chi connectivity index (χ1v) is 11.9. The third-order valence-corrected chi connectivity index (χ3v) is 6.45. The molecule has 3 aromatic rings. The van der Waals surface area contributed by atoms with Crippen LogP contribution in [0.2, 0.25) is 0 Å². The fourth-order valence-electron chi connectivity index (χ4n) is 4.61. The summed E-state index contributed by atoms with van der Waals surface area (Å²) in [5.74, 6) is 0.517. The molecule has 0 saturated heterocycles. The van der Waals surface area contributed by atoms with E-state index in [-0.39, 0.29) is 17.9 Å². The van der Waals surface area contributed by atoms with Crippen molar-refractivity contribution < 1.29 is 19.4 Å². The number of nitrogens with two attached hydrogens (primary N) is 1. The molecule has 2 aromatic heterocycles. The number of hydrogen-bond acceptors (Lipinski definition) is 7. The van der Waals surface area contributed by atoms with Crippen molar-refractivity contribution in [3.8, 4) is 17.1 Å². The summed E-state index contributed by atoms with van der Waals surface area (Å²) in [7, 11) is 0. The Morgan fingerprint density at radius 2 is 2.03 bits per heavy atom. The van der Waals surface area contributed by atoms with Crippen molar-refractivity contribution in [1.29, 1.82) is 0 Å². The summed E-state index contributed by atoms with van der Waals surface area (Å²) in [6.07, 6.45) is 3.10. The van der Waals surface area contributed by atoms with Crippen molar-refractivity contribution in [1.82, 2.24) is 9.55 Å². The SMILES string of the molecule is C=C(CCCCCN)OC(=O)OCc1c(C)cc2n(c1=O)Cc1c-2nc2ccc(O)cc2c1CC. The van der Waals surface area contributed by atoms with Crippen LogP contribution in [0.15, 0.2) is 41.4 Å². The second-order valence-corrected chi connectivity index (χ2v) is 8.83. The number of allylic oxidation sites excluding steroid dienone is 1. The molecule has 1 aliphatic heterocycles.